The summed E-state index contributed by atoms with van der Waals surface area (Å²) in [6, 6.07) is 10.1. The number of benzene rings is 2. The average molecular weight is 1630 g/mol. The molecular formula is C85H139ClN5O21P. The van der Waals surface area contributed by atoms with Gasteiger partial charge in [-0.25, -0.2) is 9.36 Å². The van der Waals surface area contributed by atoms with Crippen LogP contribution in [0.5, 0.6) is 17.2 Å². The highest BCUT2D eigenvalue weighted by atomic mass is 35.5. The normalized spacial score (nSPS) is 12.3. The number of ketones is 1. The number of nitrogens with zero attached hydrogens (tertiary/aromatic N) is 1. The fourth-order valence-corrected chi connectivity index (χ4v) is 13.7. The molecule has 1 unspecified atom stereocenters. The molecule has 642 valence electrons. The summed E-state index contributed by atoms with van der Waals surface area (Å²) >= 11 is 6.60. The monoisotopic (exact) mass is 1630 g/mol. The van der Waals surface area contributed by atoms with E-state index in [9.17, 15) is 52.9 Å². The fourth-order valence-electron chi connectivity index (χ4n) is 12.7. The minimum atomic E-state index is -4.66. The Morgan fingerprint density at radius 2 is 1.08 bits per heavy atom. The molecule has 0 fully saturated rings. The topological polar surface area (TPSA) is 339 Å². The van der Waals surface area contributed by atoms with Crippen molar-refractivity contribution in [2.45, 2.75) is 304 Å². The fraction of sp³-hybridized carbons (Fsp3) is 0.718. The summed E-state index contributed by atoms with van der Waals surface area (Å²) in [6.45, 7) is 9.53. The van der Waals surface area contributed by atoms with E-state index in [1.54, 1.807) is 55.6 Å². The molecule has 0 radical (unpaired) electrons. The predicted octanol–water partition coefficient (Wildman–Crippen LogP) is 17.7. The number of unbranched alkanes of at least 4 members (excludes halogenated alkanes) is 31. The van der Waals surface area contributed by atoms with E-state index in [4.69, 9.17) is 58.5 Å². The number of phosphoric ester groups is 1. The highest BCUT2D eigenvalue weighted by molar-refractivity contribution is 7.47. The van der Waals surface area contributed by atoms with Crippen LogP contribution in [0.25, 0.3) is 0 Å². The van der Waals surface area contributed by atoms with Gasteiger partial charge in [-0.1, -0.05) is 236 Å². The van der Waals surface area contributed by atoms with Gasteiger partial charge < -0.3 is 73.7 Å². The van der Waals surface area contributed by atoms with Crippen molar-refractivity contribution in [1.82, 2.24) is 20.5 Å². The number of pyridine rings is 1. The lowest BCUT2D eigenvalue weighted by atomic mass is 10.0. The van der Waals surface area contributed by atoms with Gasteiger partial charge in [0.1, 0.15) is 37.9 Å². The number of amides is 4. The van der Waals surface area contributed by atoms with E-state index >= 15 is 0 Å². The quantitative estimate of drug-likeness (QED) is 0.0174. The standard InChI is InChI=1S/C85H139ClN5O21P/c1-6-10-12-14-16-18-20-22-24-26-28-30-32-34-38-50-80(97)109-64-72(112-81(98)51-39-35-33-31-29-27-25-23-21-19-17-15-13-11-7-2)65-111-113(101,102)110-55-44-46-70(92)63-104-58-57-103-56-53-88-78(94)67-105-66-77(93)87-52-40-36-37-41-54-108-83-68(5)61-91(62-73-74(86)48-43-49-76(73)107-9-4)84(99)82(83)90-85(100)89-75(60-79(95)96)69-45-42-47-71(59-69)106-8-3/h42-43,45,47-49,59,61,72,75H,6-41,44,46,50-58,60,62-67H2,1-5H3,(H,87,93)(H,88,94)(H,95,96)(H,101,102)(H2,89,90,100)/t72-,75+/m1/s1. The van der Waals surface area contributed by atoms with Crippen LogP contribution in [0.2, 0.25) is 5.02 Å². The Hall–Kier alpha value is -6.64. The summed E-state index contributed by atoms with van der Waals surface area (Å²) in [6.07, 6.45) is 39.0. The Balaban J connectivity index is 1.29. The van der Waals surface area contributed by atoms with Gasteiger partial charge in [0.15, 0.2) is 23.3 Å². The number of hydrogen-bond acceptors (Lipinski definition) is 19. The van der Waals surface area contributed by atoms with Crippen LogP contribution < -0.4 is 41.0 Å². The van der Waals surface area contributed by atoms with E-state index in [0.29, 0.717) is 91.5 Å². The molecule has 2 aromatic carbocycles. The molecule has 28 heteroatoms. The number of ether oxygens (including phenoxy) is 8. The second-order valence-corrected chi connectivity index (χ2v) is 30.8. The summed E-state index contributed by atoms with van der Waals surface area (Å²) < 4.78 is 69.5. The molecule has 0 aliphatic carbocycles. The number of carbonyl (C=O) groups excluding carboxylic acids is 6. The van der Waals surface area contributed by atoms with Crippen LogP contribution in [-0.2, 0) is 72.6 Å². The van der Waals surface area contributed by atoms with Crippen molar-refractivity contribution < 1.29 is 95.1 Å². The molecule has 0 spiro atoms. The molecule has 0 saturated carbocycles. The van der Waals surface area contributed by atoms with E-state index in [-0.39, 0.29) is 115 Å². The van der Waals surface area contributed by atoms with E-state index in [0.717, 1.165) is 38.5 Å². The number of carboxylic acids is 1. The van der Waals surface area contributed by atoms with Crippen LogP contribution >= 0.6 is 19.4 Å². The van der Waals surface area contributed by atoms with Crippen molar-refractivity contribution in [1.29, 1.82) is 0 Å². The van der Waals surface area contributed by atoms with Gasteiger partial charge in [0.05, 0.1) is 71.9 Å². The summed E-state index contributed by atoms with van der Waals surface area (Å²) in [7, 11) is -4.66. The van der Waals surface area contributed by atoms with Gasteiger partial charge in [-0.2, -0.15) is 0 Å². The molecule has 0 aliphatic heterocycles. The molecule has 4 amide bonds. The van der Waals surface area contributed by atoms with Gasteiger partial charge >= 0.3 is 31.8 Å². The molecule has 1 heterocycles. The number of aryl methyl sites for hydroxylation is 1. The number of nitrogens with one attached hydrogen (secondary N) is 4. The van der Waals surface area contributed by atoms with Gasteiger partial charge in [0.2, 0.25) is 11.8 Å². The third-order valence-electron chi connectivity index (χ3n) is 18.9. The molecule has 26 nitrogen and oxygen atoms in total. The molecule has 3 aromatic rings. The van der Waals surface area contributed by atoms with Crippen molar-refractivity contribution in [3.63, 3.8) is 0 Å². The number of Topliss-reactive ketones (excluding diaryl/α,β-unsaturated/α-hetero) is 1. The SMILES string of the molecule is CCCCCCCCCCCCCCCCCC(=O)OC[C@H](COP(=O)(O)OCCCC(=O)COCCOCCNC(=O)COCC(=O)NCCCCCCOc1c(C)cn(Cc2c(Cl)cccc2OCC)c(=O)c1NC(=O)N[C@@H](CC(=O)O)c1cccc(OCC)c1)OC(=O)CCCCCCCCCCCCCCCCC. The van der Waals surface area contributed by atoms with E-state index in [1.165, 1.54) is 146 Å². The Morgan fingerprint density at radius 3 is 1.66 bits per heavy atom. The number of aromatic nitrogens is 1. The van der Waals surface area contributed by atoms with Crippen LogP contribution in [0.4, 0.5) is 10.5 Å². The van der Waals surface area contributed by atoms with Crippen LogP contribution in [0.3, 0.4) is 0 Å². The Morgan fingerprint density at radius 1 is 0.540 bits per heavy atom. The minimum absolute atomic E-state index is 0.00105. The van der Waals surface area contributed by atoms with Gasteiger partial charge in [0, 0.05) is 54.7 Å². The summed E-state index contributed by atoms with van der Waals surface area (Å²) in [5.41, 5.74) is 0.785. The molecule has 0 aliphatic rings. The highest BCUT2D eigenvalue weighted by Gasteiger charge is 2.28. The zero-order valence-electron chi connectivity index (χ0n) is 68.9. The number of hydrogen-bond donors (Lipinski definition) is 6. The predicted molar refractivity (Wildman–Crippen MR) is 440 cm³/mol. The number of carboxylic acid groups (broad SMARTS) is 1. The van der Waals surface area contributed by atoms with Crippen LogP contribution in [0, 0.1) is 6.92 Å². The molecule has 0 saturated heterocycles. The lowest BCUT2D eigenvalue weighted by molar-refractivity contribution is -0.161. The molecule has 3 atom stereocenters. The van der Waals surface area contributed by atoms with Crippen LogP contribution in [-0.4, -0.2) is 155 Å². The van der Waals surface area contributed by atoms with Crippen molar-refractivity contribution in [3.05, 3.63) is 80.7 Å². The first-order valence-corrected chi connectivity index (χ1v) is 44.2. The lowest BCUT2D eigenvalue weighted by Gasteiger charge is -2.21. The number of aliphatic carboxylic acids is 1. The summed E-state index contributed by atoms with van der Waals surface area (Å²) in [5.74, 6) is -2.13. The maximum Gasteiger partial charge on any atom is 0.472 e. The Kier molecular flexibility index (Phi) is 58.3. The van der Waals surface area contributed by atoms with E-state index in [2.05, 4.69) is 35.1 Å². The van der Waals surface area contributed by atoms with E-state index < -0.39 is 74.3 Å². The maximum atomic E-state index is 14.3. The highest BCUT2D eigenvalue weighted by Crippen LogP contribution is 2.43. The number of esters is 2. The van der Waals surface area contributed by atoms with Crippen molar-refractivity contribution >= 4 is 66.6 Å². The molecule has 6 N–H and O–H groups in total. The van der Waals surface area contributed by atoms with Crippen molar-refractivity contribution in [2.24, 2.45) is 0 Å². The summed E-state index contributed by atoms with van der Waals surface area (Å²) in [4.78, 5) is 114. The number of anilines is 1. The molecule has 1 aromatic heterocycles. The zero-order chi connectivity index (χ0) is 82.2. The van der Waals surface area contributed by atoms with Crippen molar-refractivity contribution in [3.8, 4) is 17.2 Å². The lowest BCUT2D eigenvalue weighted by Crippen LogP contribution is -2.36. The first kappa shape index (κ1) is 101. The van der Waals surface area contributed by atoms with Gasteiger partial charge in [0.25, 0.3) is 5.56 Å². The van der Waals surface area contributed by atoms with Gasteiger partial charge in [-0.3, -0.25) is 42.6 Å². The smallest absolute Gasteiger partial charge is 0.472 e. The van der Waals surface area contributed by atoms with Crippen molar-refractivity contribution in [2.75, 3.05) is 97.7 Å². The molecule has 0 bridgehead atoms. The maximum absolute atomic E-state index is 14.3. The number of rotatable bonds is 74. The zero-order valence-corrected chi connectivity index (χ0v) is 70.5. The number of phosphoric acid groups is 1. The van der Waals surface area contributed by atoms with Gasteiger partial charge in [-0.15, -0.1) is 0 Å². The minimum Gasteiger partial charge on any atom is -0.494 e. The second-order valence-electron chi connectivity index (χ2n) is 28.9. The molecule has 3 rings (SSSR count). The van der Waals surface area contributed by atoms with E-state index in [1.807, 2.05) is 13.8 Å². The Bertz CT molecular complexity index is 3210. The number of urea groups is 1. The summed E-state index contributed by atoms with van der Waals surface area (Å²) in [5, 5.41) is 20.9. The van der Waals surface area contributed by atoms with Gasteiger partial charge in [-0.05, 0) is 82.7 Å². The number of halogens is 1. The Labute approximate surface area is 678 Å². The van der Waals surface area contributed by atoms with Crippen LogP contribution in [0.1, 0.15) is 301 Å². The second kappa shape index (κ2) is 65.5. The molecule has 113 heavy (non-hydrogen) atoms. The molecular weight excluding hydrogens is 1490 g/mol. The first-order chi connectivity index (χ1) is 54.8. The third kappa shape index (κ3) is 51.1. The number of carbonyl (C=O) groups is 7. The first-order valence-electron chi connectivity index (χ1n) is 42.3. The largest absolute Gasteiger partial charge is 0.494 e. The van der Waals surface area contributed by atoms with Crippen LogP contribution in [0.15, 0.2) is 53.5 Å². The third-order valence-corrected chi connectivity index (χ3v) is 20.2. The average Bonchev–Trinajstić information content (AvgIpc) is 0.790.